The predicted molar refractivity (Wildman–Crippen MR) is 103 cm³/mol. The first-order valence-electron chi connectivity index (χ1n) is 9.66. The molecule has 1 amide bonds. The van der Waals surface area contributed by atoms with Crippen LogP contribution >= 0.6 is 0 Å². The van der Waals surface area contributed by atoms with Gasteiger partial charge in [-0.2, -0.15) is 4.68 Å². The van der Waals surface area contributed by atoms with Crippen molar-refractivity contribution in [1.82, 2.24) is 25.1 Å². The van der Waals surface area contributed by atoms with Crippen molar-refractivity contribution in [1.29, 1.82) is 0 Å². The van der Waals surface area contributed by atoms with E-state index in [0.29, 0.717) is 18.3 Å². The number of carbonyl (C=O) groups is 1. The first-order chi connectivity index (χ1) is 12.9. The van der Waals surface area contributed by atoms with Crippen LogP contribution in [0.15, 0.2) is 18.2 Å². The van der Waals surface area contributed by atoms with Gasteiger partial charge in [-0.25, -0.2) is 4.79 Å². The number of benzene rings is 1. The van der Waals surface area contributed by atoms with Gasteiger partial charge in [0.1, 0.15) is 5.54 Å². The van der Waals surface area contributed by atoms with Crippen LogP contribution in [0.2, 0.25) is 0 Å². The van der Waals surface area contributed by atoms with E-state index in [1.54, 1.807) is 16.6 Å². The topological polar surface area (TPSA) is 73.1 Å². The van der Waals surface area contributed by atoms with Crippen LogP contribution in [0.25, 0.3) is 5.69 Å². The van der Waals surface area contributed by atoms with Gasteiger partial charge in [0.2, 0.25) is 0 Å². The number of carbonyl (C=O) groups excluding carboxylic acids is 1. The van der Waals surface area contributed by atoms with E-state index >= 15 is 0 Å². The molecule has 1 heterocycles. The van der Waals surface area contributed by atoms with E-state index in [1.165, 1.54) is 5.56 Å². The average Bonchev–Trinajstić information content (AvgIpc) is 3.14. The highest BCUT2D eigenvalue weighted by molar-refractivity contribution is 5.68. The lowest BCUT2D eigenvalue weighted by molar-refractivity contribution is 0.0311. The lowest BCUT2D eigenvalue weighted by Crippen LogP contribution is -2.51. The summed E-state index contributed by atoms with van der Waals surface area (Å²) < 4.78 is 7.10. The van der Waals surface area contributed by atoms with Gasteiger partial charge in [0.15, 0.2) is 5.82 Å². The summed E-state index contributed by atoms with van der Waals surface area (Å²) in [7, 11) is 1.80. The van der Waals surface area contributed by atoms with Gasteiger partial charge < -0.3 is 4.74 Å². The van der Waals surface area contributed by atoms with Crippen LogP contribution in [-0.2, 0) is 10.3 Å². The van der Waals surface area contributed by atoms with Crippen molar-refractivity contribution in [3.05, 3.63) is 35.2 Å². The number of nitrogens with zero attached hydrogens (tertiary/aromatic N) is 5. The van der Waals surface area contributed by atoms with Crippen molar-refractivity contribution in [3.8, 4) is 5.69 Å². The van der Waals surface area contributed by atoms with Crippen molar-refractivity contribution in [2.45, 2.75) is 58.9 Å². The number of amides is 1. The molecule has 0 bridgehead atoms. The number of ether oxygens (including phenoxy) is 1. The summed E-state index contributed by atoms with van der Waals surface area (Å²) in [4.78, 5) is 14.3. The molecule has 1 aromatic heterocycles. The number of hydrogen-bond donors (Lipinski definition) is 0. The fraction of sp³-hybridized carbons (Fsp3) is 0.600. The molecule has 1 saturated carbocycles. The highest BCUT2D eigenvalue weighted by Crippen LogP contribution is 2.43. The zero-order chi connectivity index (χ0) is 19.6. The zero-order valence-electron chi connectivity index (χ0n) is 16.9. The molecular weight excluding hydrogens is 342 g/mol. The van der Waals surface area contributed by atoms with Crippen molar-refractivity contribution in [2.75, 3.05) is 13.7 Å². The van der Waals surface area contributed by atoms with Crippen LogP contribution in [-0.4, -0.2) is 44.9 Å². The maximum Gasteiger partial charge on any atom is 0.410 e. The van der Waals surface area contributed by atoms with Crippen LogP contribution in [0.3, 0.4) is 0 Å². The summed E-state index contributed by atoms with van der Waals surface area (Å²) in [6.45, 7) is 8.56. The van der Waals surface area contributed by atoms with Crippen LogP contribution in [0.4, 0.5) is 4.79 Å². The second kappa shape index (κ2) is 7.66. The lowest BCUT2D eigenvalue weighted by Gasteiger charge is -2.44. The molecule has 0 radical (unpaired) electrons. The lowest BCUT2D eigenvalue weighted by atomic mass is 9.75. The minimum absolute atomic E-state index is 0.331. The number of tetrazole rings is 1. The maximum absolute atomic E-state index is 12.6. The molecule has 146 valence electrons. The molecule has 0 aliphatic heterocycles. The minimum atomic E-state index is -0.571. The number of rotatable bonds is 4. The predicted octanol–water partition coefficient (Wildman–Crippen LogP) is 3.77. The van der Waals surface area contributed by atoms with Crippen molar-refractivity contribution < 1.29 is 9.53 Å². The van der Waals surface area contributed by atoms with Gasteiger partial charge in [-0.3, -0.25) is 4.90 Å². The number of aromatic nitrogens is 4. The van der Waals surface area contributed by atoms with Crippen molar-refractivity contribution in [3.63, 3.8) is 0 Å². The standard InChI is InChI=1S/C20H29N5O2/c1-6-27-19(26)24(5)20(12-10-14(2)11-13-20)18-21-22-23-25(18)17-9-7-8-15(3)16(17)4/h7-9,14H,6,10-13H2,1-5H3. The van der Waals surface area contributed by atoms with Gasteiger partial charge in [0.05, 0.1) is 12.3 Å². The van der Waals surface area contributed by atoms with Crippen molar-refractivity contribution >= 4 is 6.09 Å². The van der Waals surface area contributed by atoms with Gasteiger partial charge in [-0.15, -0.1) is 5.10 Å². The zero-order valence-corrected chi connectivity index (χ0v) is 16.9. The monoisotopic (exact) mass is 371 g/mol. The molecule has 1 aliphatic rings. The van der Waals surface area contributed by atoms with E-state index in [9.17, 15) is 4.79 Å². The third-order valence-corrected chi connectivity index (χ3v) is 5.98. The molecule has 3 rings (SSSR count). The Balaban J connectivity index is 2.11. The number of hydrogen-bond acceptors (Lipinski definition) is 5. The molecule has 1 aliphatic carbocycles. The summed E-state index contributed by atoms with van der Waals surface area (Å²) >= 11 is 0. The molecule has 0 unspecified atom stereocenters. The molecule has 2 aromatic rings. The third kappa shape index (κ3) is 3.42. The summed E-state index contributed by atoms with van der Waals surface area (Å²) in [6.07, 6.45) is 3.33. The Kier molecular flexibility index (Phi) is 5.48. The summed E-state index contributed by atoms with van der Waals surface area (Å²) in [5, 5.41) is 12.7. The van der Waals surface area contributed by atoms with Gasteiger partial charge >= 0.3 is 6.09 Å². The normalized spacial score (nSPS) is 22.5. The molecule has 7 nitrogen and oxygen atoms in total. The largest absolute Gasteiger partial charge is 0.450 e. The molecule has 7 heteroatoms. The smallest absolute Gasteiger partial charge is 0.410 e. The Morgan fingerprint density at radius 2 is 2.04 bits per heavy atom. The van der Waals surface area contributed by atoms with Crippen LogP contribution in [0.5, 0.6) is 0 Å². The Morgan fingerprint density at radius 3 is 2.70 bits per heavy atom. The first-order valence-corrected chi connectivity index (χ1v) is 9.66. The van der Waals surface area contributed by atoms with Gasteiger partial charge in [-0.1, -0.05) is 19.1 Å². The summed E-state index contributed by atoms with van der Waals surface area (Å²) in [5.41, 5.74) is 2.69. The van der Waals surface area contributed by atoms with Crippen molar-refractivity contribution in [2.24, 2.45) is 5.92 Å². The molecule has 1 aromatic carbocycles. The van der Waals surface area contributed by atoms with Crippen LogP contribution in [0.1, 0.15) is 56.5 Å². The molecule has 1 fully saturated rings. The third-order valence-electron chi connectivity index (χ3n) is 5.98. The molecule has 0 spiro atoms. The van der Waals surface area contributed by atoms with E-state index in [2.05, 4.69) is 42.4 Å². The second-order valence-electron chi connectivity index (χ2n) is 7.61. The van der Waals surface area contributed by atoms with Gasteiger partial charge in [0.25, 0.3) is 0 Å². The van der Waals surface area contributed by atoms with E-state index in [0.717, 1.165) is 36.9 Å². The number of aryl methyl sites for hydroxylation is 1. The fourth-order valence-corrected chi connectivity index (χ4v) is 3.95. The second-order valence-corrected chi connectivity index (χ2v) is 7.61. The highest BCUT2D eigenvalue weighted by Gasteiger charge is 2.46. The first kappa shape index (κ1) is 19.3. The SMILES string of the molecule is CCOC(=O)N(C)C1(c2nnnn2-c2cccc(C)c2C)CCC(C)CC1. The van der Waals surface area contributed by atoms with E-state index < -0.39 is 5.54 Å². The highest BCUT2D eigenvalue weighted by atomic mass is 16.6. The maximum atomic E-state index is 12.6. The Bertz CT molecular complexity index is 808. The Hall–Kier alpha value is -2.44. The molecular formula is C20H29N5O2. The summed E-state index contributed by atoms with van der Waals surface area (Å²) in [5.74, 6) is 1.33. The van der Waals surface area contributed by atoms with E-state index in [-0.39, 0.29) is 6.09 Å². The quantitative estimate of drug-likeness (QED) is 0.818. The Morgan fingerprint density at radius 1 is 1.33 bits per heavy atom. The Labute approximate surface area is 160 Å². The summed E-state index contributed by atoms with van der Waals surface area (Å²) in [6, 6.07) is 6.10. The molecule has 0 atom stereocenters. The van der Waals surface area contributed by atoms with E-state index in [4.69, 9.17) is 4.74 Å². The van der Waals surface area contributed by atoms with E-state index in [1.807, 2.05) is 19.1 Å². The average molecular weight is 371 g/mol. The van der Waals surface area contributed by atoms with Gasteiger partial charge in [-0.05, 0) is 80.0 Å². The molecule has 27 heavy (non-hydrogen) atoms. The fourth-order valence-electron chi connectivity index (χ4n) is 3.95. The molecule has 0 N–H and O–H groups in total. The minimum Gasteiger partial charge on any atom is -0.450 e. The molecule has 0 saturated heterocycles. The van der Waals surface area contributed by atoms with Crippen LogP contribution in [0, 0.1) is 19.8 Å². The van der Waals surface area contributed by atoms with Gasteiger partial charge in [0, 0.05) is 7.05 Å². The van der Waals surface area contributed by atoms with Crippen LogP contribution < -0.4 is 0 Å².